The normalized spacial score (nSPS) is 11.4. The minimum atomic E-state index is -4.36. The van der Waals surface area contributed by atoms with Gasteiger partial charge in [0.25, 0.3) is 0 Å². The summed E-state index contributed by atoms with van der Waals surface area (Å²) in [6.45, 7) is 0.885. The standard InChI is InChI=1S/C12H15F3N4.ClH/c1-18-5-3-4-10(18)8-16-7-9-6-11(12(13,14)15)19(2)17-9;/h3-6,16H,7-8H2,1-2H3;1H. The van der Waals surface area contributed by atoms with Crippen LogP contribution < -0.4 is 5.32 Å². The monoisotopic (exact) mass is 308 g/mol. The molecule has 0 aliphatic rings. The summed E-state index contributed by atoms with van der Waals surface area (Å²) in [5.74, 6) is 0. The molecule has 0 saturated heterocycles. The maximum atomic E-state index is 12.6. The number of nitrogens with zero attached hydrogens (tertiary/aromatic N) is 3. The third-order valence-electron chi connectivity index (χ3n) is 2.88. The Kier molecular flexibility index (Phi) is 5.24. The molecule has 1 N–H and O–H groups in total. The fourth-order valence-electron chi connectivity index (χ4n) is 1.88. The van der Waals surface area contributed by atoms with Gasteiger partial charge in [0.05, 0.1) is 5.69 Å². The second-order valence-electron chi connectivity index (χ2n) is 4.36. The van der Waals surface area contributed by atoms with Gasteiger partial charge in [-0.25, -0.2) is 0 Å². The van der Waals surface area contributed by atoms with E-state index in [9.17, 15) is 13.2 Å². The maximum Gasteiger partial charge on any atom is 0.433 e. The summed E-state index contributed by atoms with van der Waals surface area (Å²) >= 11 is 0. The van der Waals surface area contributed by atoms with Crippen molar-refractivity contribution in [3.05, 3.63) is 41.5 Å². The van der Waals surface area contributed by atoms with Crippen LogP contribution in [0.5, 0.6) is 0 Å². The third-order valence-corrected chi connectivity index (χ3v) is 2.88. The number of nitrogens with one attached hydrogen (secondary N) is 1. The van der Waals surface area contributed by atoms with Crippen molar-refractivity contribution in [3.63, 3.8) is 0 Å². The van der Waals surface area contributed by atoms with Gasteiger partial charge in [0.1, 0.15) is 5.69 Å². The van der Waals surface area contributed by atoms with E-state index in [0.717, 1.165) is 16.4 Å². The van der Waals surface area contributed by atoms with Crippen LogP contribution in [0.4, 0.5) is 13.2 Å². The molecule has 0 atom stereocenters. The van der Waals surface area contributed by atoms with Crippen molar-refractivity contribution in [2.75, 3.05) is 0 Å². The van der Waals surface area contributed by atoms with Gasteiger partial charge < -0.3 is 9.88 Å². The Labute approximate surface area is 121 Å². The Balaban J connectivity index is 0.00000200. The number of rotatable bonds is 4. The highest BCUT2D eigenvalue weighted by Crippen LogP contribution is 2.29. The highest BCUT2D eigenvalue weighted by molar-refractivity contribution is 5.85. The summed E-state index contributed by atoms with van der Waals surface area (Å²) in [5, 5.41) is 6.92. The van der Waals surface area contributed by atoms with Crippen molar-refractivity contribution in [1.29, 1.82) is 0 Å². The minimum Gasteiger partial charge on any atom is -0.353 e. The Bertz CT molecular complexity index is 559. The van der Waals surface area contributed by atoms with Crippen LogP contribution in [0, 0.1) is 0 Å². The molecule has 0 saturated carbocycles. The van der Waals surface area contributed by atoms with Crippen molar-refractivity contribution in [3.8, 4) is 0 Å². The van der Waals surface area contributed by atoms with Gasteiger partial charge in [-0.05, 0) is 18.2 Å². The third kappa shape index (κ3) is 3.77. The van der Waals surface area contributed by atoms with Crippen LogP contribution in [0.3, 0.4) is 0 Å². The number of hydrogen-bond acceptors (Lipinski definition) is 2. The van der Waals surface area contributed by atoms with E-state index in [0.29, 0.717) is 18.8 Å². The summed E-state index contributed by atoms with van der Waals surface area (Å²) in [4.78, 5) is 0. The van der Waals surface area contributed by atoms with Crippen molar-refractivity contribution in [1.82, 2.24) is 19.7 Å². The predicted molar refractivity (Wildman–Crippen MR) is 71.4 cm³/mol. The van der Waals surface area contributed by atoms with Crippen LogP contribution in [0.1, 0.15) is 17.1 Å². The van der Waals surface area contributed by atoms with E-state index >= 15 is 0 Å². The van der Waals surface area contributed by atoms with E-state index in [4.69, 9.17) is 0 Å². The zero-order valence-corrected chi connectivity index (χ0v) is 11.9. The average Bonchev–Trinajstić information content (AvgIpc) is 2.85. The van der Waals surface area contributed by atoms with E-state index in [1.807, 2.05) is 29.9 Å². The van der Waals surface area contributed by atoms with Gasteiger partial charge in [-0.2, -0.15) is 18.3 Å². The summed E-state index contributed by atoms with van der Waals surface area (Å²) in [7, 11) is 3.21. The SMILES string of the molecule is Cl.Cn1cccc1CNCc1cc(C(F)(F)F)n(C)n1. The molecule has 0 amide bonds. The molecule has 2 heterocycles. The van der Waals surface area contributed by atoms with Crippen LogP contribution in [0.25, 0.3) is 0 Å². The number of aromatic nitrogens is 3. The first-order chi connectivity index (χ1) is 8.88. The highest BCUT2D eigenvalue weighted by atomic mass is 35.5. The van der Waals surface area contributed by atoms with E-state index in [1.165, 1.54) is 7.05 Å². The molecule has 0 aliphatic carbocycles. The number of hydrogen-bond donors (Lipinski definition) is 1. The van der Waals surface area contributed by atoms with Gasteiger partial charge >= 0.3 is 6.18 Å². The molecular formula is C12H16ClF3N4. The average molecular weight is 309 g/mol. The molecule has 0 spiro atoms. The lowest BCUT2D eigenvalue weighted by molar-refractivity contribution is -0.143. The van der Waals surface area contributed by atoms with Gasteiger partial charge in [0.15, 0.2) is 0 Å². The molecule has 8 heteroatoms. The van der Waals surface area contributed by atoms with Crippen LogP contribution in [-0.2, 0) is 33.4 Å². The van der Waals surface area contributed by atoms with Gasteiger partial charge in [-0.15, -0.1) is 12.4 Å². The molecule has 0 fully saturated rings. The second kappa shape index (κ2) is 6.32. The van der Waals surface area contributed by atoms with Crippen molar-refractivity contribution >= 4 is 12.4 Å². The van der Waals surface area contributed by atoms with Gasteiger partial charge in [-0.3, -0.25) is 4.68 Å². The molecule has 0 radical (unpaired) electrons. The molecular weight excluding hydrogens is 293 g/mol. The first kappa shape index (κ1) is 16.6. The summed E-state index contributed by atoms with van der Waals surface area (Å²) in [6, 6.07) is 4.93. The van der Waals surface area contributed by atoms with Crippen LogP contribution in [-0.4, -0.2) is 14.3 Å². The molecule has 4 nitrogen and oxygen atoms in total. The number of aryl methyl sites for hydroxylation is 2. The maximum absolute atomic E-state index is 12.6. The van der Waals surface area contributed by atoms with Gasteiger partial charge in [0.2, 0.25) is 0 Å². The largest absolute Gasteiger partial charge is 0.433 e. The second-order valence-corrected chi connectivity index (χ2v) is 4.36. The molecule has 2 aromatic heterocycles. The Morgan fingerprint density at radius 2 is 1.95 bits per heavy atom. The number of halogens is 4. The van der Waals surface area contributed by atoms with E-state index in [1.54, 1.807) is 0 Å². The summed E-state index contributed by atoms with van der Waals surface area (Å²) < 4.78 is 40.5. The zero-order valence-electron chi connectivity index (χ0n) is 11.1. The first-order valence-corrected chi connectivity index (χ1v) is 5.79. The Morgan fingerprint density at radius 3 is 2.45 bits per heavy atom. The molecule has 112 valence electrons. The van der Waals surface area contributed by atoms with Crippen molar-refractivity contribution in [2.45, 2.75) is 19.3 Å². The molecule has 0 aliphatic heterocycles. The van der Waals surface area contributed by atoms with Gasteiger partial charge in [0, 0.05) is 39.1 Å². The molecule has 0 bridgehead atoms. The van der Waals surface area contributed by atoms with E-state index in [-0.39, 0.29) is 12.4 Å². The molecule has 0 unspecified atom stereocenters. The van der Waals surface area contributed by atoms with Crippen molar-refractivity contribution < 1.29 is 13.2 Å². The molecule has 2 aromatic rings. The minimum absolute atomic E-state index is 0. The van der Waals surface area contributed by atoms with Crippen LogP contribution >= 0.6 is 12.4 Å². The molecule has 20 heavy (non-hydrogen) atoms. The van der Waals surface area contributed by atoms with Crippen molar-refractivity contribution in [2.24, 2.45) is 14.1 Å². The lowest BCUT2D eigenvalue weighted by Crippen LogP contribution is -2.15. The van der Waals surface area contributed by atoms with E-state index < -0.39 is 11.9 Å². The first-order valence-electron chi connectivity index (χ1n) is 5.79. The summed E-state index contributed by atoms with van der Waals surface area (Å²) in [6.07, 6.45) is -2.45. The zero-order chi connectivity index (χ0) is 14.0. The molecule has 0 aromatic carbocycles. The smallest absolute Gasteiger partial charge is 0.353 e. The fraction of sp³-hybridized carbons (Fsp3) is 0.417. The number of alkyl halides is 3. The Morgan fingerprint density at radius 1 is 1.25 bits per heavy atom. The fourth-order valence-corrected chi connectivity index (χ4v) is 1.88. The lowest BCUT2D eigenvalue weighted by atomic mass is 10.3. The molecule has 2 rings (SSSR count). The van der Waals surface area contributed by atoms with Crippen LogP contribution in [0.2, 0.25) is 0 Å². The van der Waals surface area contributed by atoms with Gasteiger partial charge in [-0.1, -0.05) is 0 Å². The quantitative estimate of drug-likeness (QED) is 0.942. The summed E-state index contributed by atoms with van der Waals surface area (Å²) in [5.41, 5.74) is 0.708. The lowest BCUT2D eigenvalue weighted by Gasteiger charge is -2.04. The topological polar surface area (TPSA) is 34.8 Å². The Hall–Kier alpha value is -1.47. The van der Waals surface area contributed by atoms with E-state index in [2.05, 4.69) is 10.4 Å². The predicted octanol–water partition coefficient (Wildman–Crippen LogP) is 2.49. The van der Waals surface area contributed by atoms with Crippen LogP contribution in [0.15, 0.2) is 24.4 Å². The highest BCUT2D eigenvalue weighted by Gasteiger charge is 2.34.